The van der Waals surface area contributed by atoms with E-state index in [-0.39, 0.29) is 22.3 Å². The maximum absolute atomic E-state index is 11.8. The maximum atomic E-state index is 11.8. The van der Waals surface area contributed by atoms with Crippen LogP contribution >= 0.6 is 0 Å². The average molecular weight is 326 g/mol. The van der Waals surface area contributed by atoms with Crippen LogP contribution in [0.5, 0.6) is 0 Å². The van der Waals surface area contributed by atoms with E-state index in [4.69, 9.17) is 0 Å². The number of hydrogen-bond acceptors (Lipinski definition) is 3. The first-order valence-electron chi connectivity index (χ1n) is 8.89. The third-order valence-electron chi connectivity index (χ3n) is 5.49. The van der Waals surface area contributed by atoms with Gasteiger partial charge in [0.1, 0.15) is 0 Å². The first-order chi connectivity index (χ1) is 11.5. The summed E-state index contributed by atoms with van der Waals surface area (Å²) in [4.78, 5) is 14.0. The van der Waals surface area contributed by atoms with Crippen molar-refractivity contribution < 1.29 is 4.92 Å². The maximum Gasteiger partial charge on any atom is 0.242 e. The molecule has 2 fully saturated rings. The van der Waals surface area contributed by atoms with Gasteiger partial charge in [0.15, 0.2) is 0 Å². The summed E-state index contributed by atoms with van der Waals surface area (Å²) in [7, 11) is 0. The van der Waals surface area contributed by atoms with Gasteiger partial charge in [-0.2, -0.15) is 0 Å². The molecule has 2 heterocycles. The first kappa shape index (κ1) is 17.0. The highest BCUT2D eigenvalue weighted by Crippen LogP contribution is 2.42. The molecule has 2 saturated heterocycles. The van der Waals surface area contributed by atoms with Gasteiger partial charge in [-0.05, 0) is 36.8 Å². The molecule has 3 atom stereocenters. The number of fused-ring (bicyclic) bond motifs is 1. The minimum atomic E-state index is -0.555. The zero-order chi connectivity index (χ0) is 17.2. The molecule has 1 aromatic carbocycles. The average Bonchev–Trinajstić information content (AvgIpc) is 2.98. The van der Waals surface area contributed by atoms with Gasteiger partial charge in [-0.15, -0.1) is 5.92 Å². The zero-order valence-corrected chi connectivity index (χ0v) is 14.6. The lowest BCUT2D eigenvalue weighted by atomic mass is 9.69. The van der Waals surface area contributed by atoms with Crippen LogP contribution < -0.4 is 0 Å². The Labute approximate surface area is 144 Å². The van der Waals surface area contributed by atoms with Gasteiger partial charge >= 0.3 is 0 Å². The fourth-order valence-electron chi connectivity index (χ4n) is 4.32. The van der Waals surface area contributed by atoms with Gasteiger partial charge in [0, 0.05) is 17.9 Å². The summed E-state index contributed by atoms with van der Waals surface area (Å²) in [6.45, 7) is 6.18. The van der Waals surface area contributed by atoms with Crippen LogP contribution in [0.15, 0.2) is 30.3 Å². The topological polar surface area (TPSA) is 46.4 Å². The van der Waals surface area contributed by atoms with Gasteiger partial charge in [0.25, 0.3) is 0 Å². The van der Waals surface area contributed by atoms with Gasteiger partial charge in [0.2, 0.25) is 6.04 Å². The Bertz CT molecular complexity index is 645. The van der Waals surface area contributed by atoms with Crippen molar-refractivity contribution >= 4 is 0 Å². The van der Waals surface area contributed by atoms with Crippen molar-refractivity contribution in [2.45, 2.75) is 51.6 Å². The van der Waals surface area contributed by atoms with Crippen LogP contribution in [0.2, 0.25) is 0 Å². The Kier molecular flexibility index (Phi) is 4.91. The molecule has 0 N–H and O–H groups in total. The second-order valence-electron chi connectivity index (χ2n) is 7.73. The SMILES string of the molecule is CC1(C)CN2CCCC2C([N+](=O)[O-])C1C#CCCc1ccccc1. The van der Waals surface area contributed by atoms with Crippen LogP contribution in [0.3, 0.4) is 0 Å². The highest BCUT2D eigenvalue weighted by Gasteiger charge is 2.54. The van der Waals surface area contributed by atoms with Crippen molar-refractivity contribution in [3.8, 4) is 11.8 Å². The zero-order valence-electron chi connectivity index (χ0n) is 14.6. The van der Waals surface area contributed by atoms with Crippen LogP contribution in [0.25, 0.3) is 0 Å². The minimum absolute atomic E-state index is 0.0690. The molecule has 0 bridgehead atoms. The number of rotatable bonds is 3. The molecule has 2 aliphatic rings. The Morgan fingerprint density at radius 1 is 1.33 bits per heavy atom. The van der Waals surface area contributed by atoms with Crippen LogP contribution in [0.4, 0.5) is 0 Å². The molecule has 0 aromatic heterocycles. The Morgan fingerprint density at radius 3 is 2.79 bits per heavy atom. The molecule has 0 radical (unpaired) electrons. The molecular formula is C20H26N2O2. The fourth-order valence-corrected chi connectivity index (χ4v) is 4.32. The molecule has 0 saturated carbocycles. The monoisotopic (exact) mass is 326 g/mol. The van der Waals surface area contributed by atoms with E-state index in [0.29, 0.717) is 0 Å². The Balaban J connectivity index is 1.74. The third kappa shape index (κ3) is 3.47. The molecular weight excluding hydrogens is 300 g/mol. The van der Waals surface area contributed by atoms with Crippen LogP contribution in [0.1, 0.15) is 38.7 Å². The second-order valence-corrected chi connectivity index (χ2v) is 7.73. The number of aryl methyl sites for hydroxylation is 1. The van der Waals surface area contributed by atoms with Crippen LogP contribution in [-0.2, 0) is 6.42 Å². The molecule has 128 valence electrons. The standard InChI is InChI=1S/C20H26N2O2/c1-20(2)15-21-14-8-13-18(21)19(22(23)24)17(20)12-7-6-11-16-9-4-3-5-10-16/h3-5,9-10,17-19H,6,8,11,13-15H2,1-2H3. The molecule has 0 spiro atoms. The van der Waals surface area contributed by atoms with Crippen LogP contribution in [-0.4, -0.2) is 35.0 Å². The molecule has 0 amide bonds. The summed E-state index contributed by atoms with van der Waals surface area (Å²) >= 11 is 0. The van der Waals surface area contributed by atoms with Gasteiger partial charge in [0.05, 0.1) is 12.0 Å². The van der Waals surface area contributed by atoms with E-state index in [1.165, 1.54) is 5.56 Å². The van der Waals surface area contributed by atoms with E-state index in [1.807, 2.05) is 18.2 Å². The minimum Gasteiger partial charge on any atom is -0.293 e. The Morgan fingerprint density at radius 2 is 2.08 bits per heavy atom. The van der Waals surface area contributed by atoms with Crippen molar-refractivity contribution in [2.75, 3.05) is 13.1 Å². The van der Waals surface area contributed by atoms with E-state index >= 15 is 0 Å². The number of piperidine rings is 1. The summed E-state index contributed by atoms with van der Waals surface area (Å²) in [5, 5.41) is 11.8. The first-order valence-corrected chi connectivity index (χ1v) is 8.89. The molecule has 4 nitrogen and oxygen atoms in total. The molecule has 3 rings (SSSR count). The third-order valence-corrected chi connectivity index (χ3v) is 5.49. The van der Waals surface area contributed by atoms with Gasteiger partial charge in [-0.25, -0.2) is 0 Å². The summed E-state index contributed by atoms with van der Waals surface area (Å²) in [5.74, 6) is 6.39. The molecule has 24 heavy (non-hydrogen) atoms. The Hall–Kier alpha value is -1.86. The van der Waals surface area contributed by atoms with Crippen molar-refractivity contribution in [2.24, 2.45) is 11.3 Å². The number of benzene rings is 1. The largest absolute Gasteiger partial charge is 0.293 e. The van der Waals surface area contributed by atoms with Crippen molar-refractivity contribution in [3.63, 3.8) is 0 Å². The predicted molar refractivity (Wildman–Crippen MR) is 95.2 cm³/mol. The number of nitrogens with zero attached hydrogens (tertiary/aromatic N) is 2. The summed E-state index contributed by atoms with van der Waals surface area (Å²) < 4.78 is 0. The smallest absolute Gasteiger partial charge is 0.242 e. The second kappa shape index (κ2) is 6.94. The lowest BCUT2D eigenvalue weighted by Crippen LogP contribution is -2.59. The van der Waals surface area contributed by atoms with E-state index in [0.717, 1.165) is 38.8 Å². The van der Waals surface area contributed by atoms with Crippen LogP contribution in [0, 0.1) is 33.3 Å². The lowest BCUT2D eigenvalue weighted by molar-refractivity contribution is -0.544. The highest BCUT2D eigenvalue weighted by molar-refractivity contribution is 5.19. The van der Waals surface area contributed by atoms with Gasteiger partial charge < -0.3 is 0 Å². The predicted octanol–water partition coefficient (Wildman–Crippen LogP) is 3.39. The lowest BCUT2D eigenvalue weighted by Gasteiger charge is -2.45. The van der Waals surface area contributed by atoms with Crippen molar-refractivity contribution in [1.82, 2.24) is 4.90 Å². The highest BCUT2D eigenvalue weighted by atomic mass is 16.6. The molecule has 3 unspecified atom stereocenters. The molecule has 0 aliphatic carbocycles. The molecule has 4 heteroatoms. The quantitative estimate of drug-likeness (QED) is 0.486. The van der Waals surface area contributed by atoms with Crippen molar-refractivity contribution in [3.05, 3.63) is 46.0 Å². The van der Waals surface area contributed by atoms with E-state index in [1.54, 1.807) is 0 Å². The fraction of sp³-hybridized carbons (Fsp3) is 0.600. The number of nitro groups is 1. The van der Waals surface area contributed by atoms with Crippen molar-refractivity contribution in [1.29, 1.82) is 0 Å². The summed E-state index contributed by atoms with van der Waals surface area (Å²) in [6.07, 6.45) is 3.66. The van der Waals surface area contributed by atoms with Gasteiger partial charge in [-0.3, -0.25) is 15.0 Å². The normalized spacial score (nSPS) is 28.7. The van der Waals surface area contributed by atoms with E-state index in [2.05, 4.69) is 42.7 Å². The molecule has 1 aromatic rings. The summed E-state index contributed by atoms with van der Waals surface area (Å²) in [5.41, 5.74) is 1.13. The van der Waals surface area contributed by atoms with E-state index < -0.39 is 6.04 Å². The van der Waals surface area contributed by atoms with E-state index in [9.17, 15) is 10.1 Å². The number of hydrogen-bond donors (Lipinski definition) is 0. The van der Waals surface area contributed by atoms with Gasteiger partial charge in [-0.1, -0.05) is 50.1 Å². The molecule has 2 aliphatic heterocycles. The summed E-state index contributed by atoms with van der Waals surface area (Å²) in [6, 6.07) is 9.79.